The largest absolute Gasteiger partial charge is 0.526 e. The van der Waals surface area contributed by atoms with Crippen LogP contribution in [0.1, 0.15) is 77.6 Å². The molecule has 0 unspecified atom stereocenters. The van der Waals surface area contributed by atoms with Crippen LogP contribution in [0, 0.1) is 57.7 Å². The molecule has 1 aliphatic heterocycles. The molecule has 0 atom stereocenters. The molecule has 7 rings (SSSR count). The van der Waals surface area contributed by atoms with Crippen LogP contribution in [0.3, 0.4) is 0 Å². The Morgan fingerprint density at radius 3 is 1.43 bits per heavy atom. The fourth-order valence-electron chi connectivity index (χ4n) is 9.46. The van der Waals surface area contributed by atoms with Crippen molar-refractivity contribution >= 4 is 33.6 Å². The maximum Gasteiger partial charge on any atom is 0.526 e. The third kappa shape index (κ3) is 3.96. The van der Waals surface area contributed by atoms with Gasteiger partial charge < -0.3 is 0 Å². The Bertz CT molecular complexity index is 2310. The molecule has 0 radical (unpaired) electrons. The van der Waals surface area contributed by atoms with Crippen molar-refractivity contribution in [2.24, 2.45) is 23.7 Å². The first-order valence-electron chi connectivity index (χ1n) is 16.4. The van der Waals surface area contributed by atoms with E-state index in [0.717, 1.165) is 5.22 Å². The summed E-state index contributed by atoms with van der Waals surface area (Å²) in [6, 6.07) is 27.4. The van der Waals surface area contributed by atoms with E-state index in [1.165, 1.54) is 62.4 Å². The minimum atomic E-state index is -0.232. The van der Waals surface area contributed by atoms with E-state index < -0.39 is 0 Å². The Balaban J connectivity index is 1.62. The molecule has 0 saturated carbocycles. The monoisotopic (exact) mass is 636 g/mol. The maximum absolute atomic E-state index is 7.65. The van der Waals surface area contributed by atoms with E-state index >= 15 is 0 Å². The van der Waals surface area contributed by atoms with Crippen LogP contribution >= 0.6 is 23.5 Å². The van der Waals surface area contributed by atoms with Crippen LogP contribution in [0.5, 0.6) is 0 Å². The Hall–Kier alpha value is -3.70. The summed E-state index contributed by atoms with van der Waals surface area (Å²) in [7, 11) is 0. The van der Waals surface area contributed by atoms with Crippen molar-refractivity contribution in [1.82, 2.24) is 0 Å². The molecule has 0 fully saturated rings. The molecule has 3 aliphatic rings. The fourth-order valence-corrected chi connectivity index (χ4v) is 11.9. The lowest BCUT2D eigenvalue weighted by molar-refractivity contribution is 0.272. The van der Waals surface area contributed by atoms with Gasteiger partial charge in [0, 0.05) is 20.6 Å². The number of thioether (sulfide) groups is 2. The van der Waals surface area contributed by atoms with Crippen LogP contribution in [-0.4, -0.2) is 0 Å². The average Bonchev–Trinajstić information content (AvgIpc) is 3.67. The zero-order chi connectivity index (χ0) is 32.7. The summed E-state index contributed by atoms with van der Waals surface area (Å²) in [5, 5.41) is 7.36. The van der Waals surface area contributed by atoms with E-state index in [4.69, 9.17) is 13.1 Å². The molecular formula is C42H40N2S2. The second-order valence-electron chi connectivity index (χ2n) is 14.3. The summed E-state index contributed by atoms with van der Waals surface area (Å²) >= 11 is 3.80. The smallest absolute Gasteiger partial charge is 0.153 e. The quantitative estimate of drug-likeness (QED) is 0.206. The van der Waals surface area contributed by atoms with Gasteiger partial charge in [-0.3, -0.25) is 0 Å². The van der Waals surface area contributed by atoms with Crippen molar-refractivity contribution in [2.45, 2.75) is 76.0 Å². The van der Waals surface area contributed by atoms with Gasteiger partial charge in [-0.1, -0.05) is 121 Å². The van der Waals surface area contributed by atoms with Gasteiger partial charge in [0.1, 0.15) is 13.1 Å². The van der Waals surface area contributed by atoms with Crippen molar-refractivity contribution in [3.63, 3.8) is 0 Å². The van der Waals surface area contributed by atoms with Crippen molar-refractivity contribution in [1.29, 1.82) is 0 Å². The van der Waals surface area contributed by atoms with Crippen LogP contribution in [0.4, 0.5) is 0 Å². The normalized spacial score (nSPS) is 16.3. The van der Waals surface area contributed by atoms with Crippen molar-refractivity contribution in [3.8, 4) is 0 Å². The minimum absolute atomic E-state index is 0.132. The number of hydrogen-bond acceptors (Lipinski definition) is 2. The Morgan fingerprint density at radius 2 is 0.978 bits per heavy atom. The lowest BCUT2D eigenvalue weighted by atomic mass is 9.61. The van der Waals surface area contributed by atoms with Gasteiger partial charge in [0.2, 0.25) is 0 Å². The Kier molecular flexibility index (Phi) is 7.36. The molecule has 2 nitrogen and oxygen atoms in total. The van der Waals surface area contributed by atoms with Gasteiger partial charge in [0.15, 0.2) is 0 Å². The van der Waals surface area contributed by atoms with E-state index in [9.17, 15) is 0 Å². The number of hydrogen-bond donors (Lipinski definition) is 0. The predicted octanol–water partition coefficient (Wildman–Crippen LogP) is 9.95. The van der Waals surface area contributed by atoms with Gasteiger partial charge in [0.05, 0.1) is 9.46 Å². The van der Waals surface area contributed by atoms with Crippen LogP contribution < -0.4 is 10.4 Å². The molecule has 2 aliphatic carbocycles. The molecule has 230 valence electrons. The molecule has 0 aromatic heterocycles. The minimum Gasteiger partial charge on any atom is -0.153 e. The molecule has 0 bridgehead atoms. The summed E-state index contributed by atoms with van der Waals surface area (Å²) in [4.78, 5) is 9.85. The topological polar surface area (TPSA) is 8.72 Å². The Labute approximate surface area is 281 Å². The highest BCUT2D eigenvalue weighted by Gasteiger charge is 2.49. The first-order chi connectivity index (χ1) is 22.0. The number of fused-ring (bicyclic) bond motifs is 5. The van der Waals surface area contributed by atoms with Crippen molar-refractivity contribution < 1.29 is 0 Å². The lowest BCUT2D eigenvalue weighted by Gasteiger charge is -2.42. The first kappa shape index (κ1) is 30.9. The van der Waals surface area contributed by atoms with Crippen LogP contribution in [0.2, 0.25) is 0 Å². The second kappa shape index (κ2) is 10.9. The SMILES string of the molecule is [C-]#[N+]C([N+]#[C-])=c1ccc2c(c1)C(C(C)C)(C(C)C)c1cc3c(cc1=2)C(C(C)C)(C(C)C)c1cc(=C2Sc4ccccc4S2)ccc1=3. The van der Waals surface area contributed by atoms with E-state index in [1.54, 1.807) is 0 Å². The molecule has 1 heterocycles. The summed E-state index contributed by atoms with van der Waals surface area (Å²) in [5.41, 5.74) is 5.19. The predicted molar refractivity (Wildman–Crippen MR) is 193 cm³/mol. The van der Waals surface area contributed by atoms with E-state index in [-0.39, 0.29) is 16.7 Å². The molecule has 0 N–H and O–H groups in total. The molecule has 4 heteroatoms. The molecule has 0 amide bonds. The average molecular weight is 637 g/mol. The van der Waals surface area contributed by atoms with Gasteiger partial charge in [0.25, 0.3) is 0 Å². The number of rotatable bonds is 4. The van der Waals surface area contributed by atoms with E-state index in [2.05, 4.69) is 132 Å². The maximum atomic E-state index is 7.65. The number of nitrogens with zero attached hydrogens (tertiary/aromatic N) is 2. The first-order valence-corrected chi connectivity index (χ1v) is 18.1. The molecule has 0 saturated heterocycles. The molecule has 46 heavy (non-hydrogen) atoms. The second-order valence-corrected chi connectivity index (χ2v) is 16.7. The van der Waals surface area contributed by atoms with E-state index in [0.29, 0.717) is 23.7 Å². The van der Waals surface area contributed by atoms with Gasteiger partial charge in [-0.05, 0) is 102 Å². The van der Waals surface area contributed by atoms with Gasteiger partial charge in [-0.2, -0.15) is 9.69 Å². The van der Waals surface area contributed by atoms with Gasteiger partial charge in [-0.25, -0.2) is 0 Å². The summed E-state index contributed by atoms with van der Waals surface area (Å²) in [6.07, 6.45) is 0. The van der Waals surface area contributed by atoms with Crippen LogP contribution in [-0.2, 0) is 10.8 Å². The fraction of sp³-hybridized carbons (Fsp3) is 0.333. The van der Waals surface area contributed by atoms with Crippen LogP contribution in [0.15, 0.2) is 82.6 Å². The zero-order valence-corrected chi connectivity index (χ0v) is 29.6. The lowest BCUT2D eigenvalue weighted by Crippen LogP contribution is -2.39. The van der Waals surface area contributed by atoms with E-state index in [1.807, 2.05) is 29.6 Å². The third-order valence-electron chi connectivity index (χ3n) is 11.2. The summed E-state index contributed by atoms with van der Waals surface area (Å²) < 4.78 is 1.36. The molecule has 4 aromatic carbocycles. The van der Waals surface area contributed by atoms with Gasteiger partial charge >= 0.3 is 5.82 Å². The zero-order valence-electron chi connectivity index (χ0n) is 27.9. The highest BCUT2D eigenvalue weighted by Crippen LogP contribution is 2.55. The highest BCUT2D eigenvalue weighted by molar-refractivity contribution is 8.32. The molecule has 4 aromatic rings. The van der Waals surface area contributed by atoms with Crippen molar-refractivity contribution in [3.05, 3.63) is 149 Å². The Morgan fingerprint density at radius 1 is 0.543 bits per heavy atom. The summed E-state index contributed by atoms with van der Waals surface area (Å²) in [6.45, 7) is 34.3. The number of benzene rings is 4. The standard InChI is InChI=1S/C42H40N2S2/c1-23(2)41(24(3)4)33-19-27(39(43-9)44-10)15-17-29(33)31-21-36-32(22-35(31)41)30-18-16-28(20-34(30)42(36,25(5)6)26(7)8)40-45-37-13-11-12-14-38(37)46-40/h11-26H,1-8H3. The van der Waals surface area contributed by atoms with Crippen molar-refractivity contribution in [2.75, 3.05) is 0 Å². The third-order valence-corrected chi connectivity index (χ3v) is 13.8. The summed E-state index contributed by atoms with van der Waals surface area (Å²) in [5.74, 6) is 1.57. The molecule has 0 spiro atoms. The highest BCUT2D eigenvalue weighted by atomic mass is 32.2. The molecular weight excluding hydrogens is 597 g/mol. The van der Waals surface area contributed by atoms with Crippen LogP contribution in [0.25, 0.3) is 19.7 Å². The van der Waals surface area contributed by atoms with Gasteiger partial charge in [-0.15, -0.1) is 0 Å².